The van der Waals surface area contributed by atoms with Gasteiger partial charge in [0.15, 0.2) is 0 Å². The average molecular weight is 539 g/mol. The number of allylic oxidation sites excluding steroid dienone is 1. The van der Waals surface area contributed by atoms with Crippen molar-refractivity contribution in [1.82, 2.24) is 15.6 Å². The number of nitrogens with zero attached hydrogens (tertiary/aromatic N) is 2. The number of anilines is 1. The molecule has 0 bridgehead atoms. The maximum atomic E-state index is 13.2. The lowest BCUT2D eigenvalue weighted by Gasteiger charge is -2.21. The van der Waals surface area contributed by atoms with Crippen LogP contribution in [0.25, 0.3) is 22.0 Å². The molecule has 8 heteroatoms. The second-order valence-corrected chi connectivity index (χ2v) is 9.86. The molecular formula is C32H38N6O2. The zero-order chi connectivity index (χ0) is 29.1. The van der Waals surface area contributed by atoms with Crippen molar-refractivity contribution in [3.05, 3.63) is 84.1 Å². The number of unbranched alkanes of at least 4 members (excludes halogenated alkanes) is 1. The Kier molecular flexibility index (Phi) is 11.0. The second-order valence-electron chi connectivity index (χ2n) is 9.86. The molecule has 0 fully saturated rings. The molecule has 1 heterocycles. The smallest absolute Gasteiger partial charge is 0.270 e. The summed E-state index contributed by atoms with van der Waals surface area (Å²) in [6.45, 7) is 8.11. The number of aromatic nitrogens is 1. The van der Waals surface area contributed by atoms with Gasteiger partial charge in [-0.1, -0.05) is 56.3 Å². The number of carbonyl (C=O) groups excluding carboxylic acids is 2. The Bertz CT molecular complexity index is 1440. The van der Waals surface area contributed by atoms with E-state index in [-0.39, 0.29) is 24.5 Å². The molecule has 5 N–H and O–H groups in total. The second kappa shape index (κ2) is 14.6. The minimum atomic E-state index is -0.583. The summed E-state index contributed by atoms with van der Waals surface area (Å²) in [7, 11) is 1.91. The predicted molar refractivity (Wildman–Crippen MR) is 162 cm³/mol. The number of fused-ring (bicyclic) bond motifs is 1. The Morgan fingerprint density at radius 3 is 2.65 bits per heavy atom. The molecule has 40 heavy (non-hydrogen) atoms. The first-order chi connectivity index (χ1) is 19.3. The van der Waals surface area contributed by atoms with Gasteiger partial charge < -0.3 is 21.7 Å². The summed E-state index contributed by atoms with van der Waals surface area (Å²) < 4.78 is 0. The van der Waals surface area contributed by atoms with Gasteiger partial charge in [-0.3, -0.25) is 9.59 Å². The summed E-state index contributed by atoms with van der Waals surface area (Å²) in [5.41, 5.74) is 8.52. The molecule has 2 amide bonds. The van der Waals surface area contributed by atoms with Crippen molar-refractivity contribution in [2.24, 2.45) is 5.73 Å². The number of nitrogens with two attached hydrogens (primary N) is 1. The summed E-state index contributed by atoms with van der Waals surface area (Å²) in [6, 6.07) is 16.8. The summed E-state index contributed by atoms with van der Waals surface area (Å²) in [6.07, 6.45) is 7.93. The third-order valence-corrected chi connectivity index (χ3v) is 6.71. The monoisotopic (exact) mass is 538 g/mol. The van der Waals surface area contributed by atoms with Gasteiger partial charge in [-0.2, -0.15) is 5.26 Å². The Hall–Kier alpha value is -4.48. The molecule has 8 nitrogen and oxygen atoms in total. The highest BCUT2D eigenvalue weighted by atomic mass is 16.2. The molecule has 3 rings (SSSR count). The fourth-order valence-corrected chi connectivity index (χ4v) is 4.39. The lowest BCUT2D eigenvalue weighted by atomic mass is 9.99. The lowest BCUT2D eigenvalue weighted by Crippen LogP contribution is -2.39. The van der Waals surface area contributed by atoms with E-state index < -0.39 is 5.91 Å². The topological polar surface area (TPSA) is 133 Å². The Balaban J connectivity index is 1.92. The van der Waals surface area contributed by atoms with Gasteiger partial charge in [0.1, 0.15) is 5.69 Å². The molecule has 0 aliphatic carbocycles. The van der Waals surface area contributed by atoms with Crippen LogP contribution in [0, 0.1) is 11.3 Å². The van der Waals surface area contributed by atoms with Gasteiger partial charge in [0.05, 0.1) is 23.0 Å². The van der Waals surface area contributed by atoms with Crippen molar-refractivity contribution in [2.75, 3.05) is 18.9 Å². The Morgan fingerprint density at radius 2 is 1.95 bits per heavy atom. The van der Waals surface area contributed by atoms with Crippen LogP contribution in [0.5, 0.6) is 0 Å². The van der Waals surface area contributed by atoms with Gasteiger partial charge in [0.2, 0.25) is 0 Å². The van der Waals surface area contributed by atoms with Crippen LogP contribution in [0.4, 0.5) is 5.69 Å². The number of carbonyl (C=O) groups is 2. The summed E-state index contributed by atoms with van der Waals surface area (Å²) in [4.78, 5) is 30.1. The van der Waals surface area contributed by atoms with Crippen LogP contribution in [0.1, 0.15) is 60.4 Å². The summed E-state index contributed by atoms with van der Waals surface area (Å²) in [5.74, 6) is -0.811. The highest BCUT2D eigenvalue weighted by molar-refractivity contribution is 6.08. The van der Waals surface area contributed by atoms with Crippen LogP contribution in [0.2, 0.25) is 0 Å². The van der Waals surface area contributed by atoms with Crippen molar-refractivity contribution >= 4 is 28.3 Å². The first kappa shape index (κ1) is 30.1. The maximum Gasteiger partial charge on any atom is 0.270 e. The molecule has 0 spiro atoms. The van der Waals surface area contributed by atoms with Crippen LogP contribution < -0.4 is 21.7 Å². The number of amides is 2. The van der Waals surface area contributed by atoms with Crippen LogP contribution >= 0.6 is 0 Å². The van der Waals surface area contributed by atoms with Gasteiger partial charge in [0, 0.05) is 35.2 Å². The number of pyridine rings is 1. The van der Waals surface area contributed by atoms with Crippen molar-refractivity contribution < 1.29 is 9.59 Å². The van der Waals surface area contributed by atoms with Gasteiger partial charge in [-0.15, -0.1) is 0 Å². The number of hydrogen-bond acceptors (Lipinski definition) is 6. The van der Waals surface area contributed by atoms with E-state index >= 15 is 0 Å². The number of nitrogens with one attached hydrogen (secondary N) is 3. The molecule has 2 aromatic carbocycles. The standard InChI is InChI=1S/C32H38N6O2/c1-5-6-7-8-10-25(17-22(3)35-4)37-32(40)29-12-9-11-28(38-29)24-14-13-23-15-16-26(31(34)39)30(27(23)18-24)36-20-21(2)19-33/h7-9,11-16,18,22,25,35-36H,2,5-6,10,17,20H2,1,3-4H3,(H2,34,39)(H,37,40)/b8-7+. The minimum Gasteiger partial charge on any atom is -0.379 e. The van der Waals surface area contributed by atoms with Crippen LogP contribution in [0.15, 0.2) is 72.8 Å². The van der Waals surface area contributed by atoms with E-state index in [1.165, 1.54) is 0 Å². The highest BCUT2D eigenvalue weighted by Gasteiger charge is 2.18. The minimum absolute atomic E-state index is 0.0294. The van der Waals surface area contributed by atoms with Crippen molar-refractivity contribution in [1.29, 1.82) is 5.26 Å². The summed E-state index contributed by atoms with van der Waals surface area (Å²) in [5, 5.41) is 20.3. The zero-order valence-corrected chi connectivity index (χ0v) is 23.5. The molecule has 2 unspecified atom stereocenters. The van der Waals surface area contributed by atoms with Gasteiger partial charge >= 0.3 is 0 Å². The lowest BCUT2D eigenvalue weighted by molar-refractivity contribution is 0.0927. The highest BCUT2D eigenvalue weighted by Crippen LogP contribution is 2.31. The molecule has 2 atom stereocenters. The van der Waals surface area contributed by atoms with E-state index in [1.54, 1.807) is 12.1 Å². The van der Waals surface area contributed by atoms with E-state index in [0.717, 1.165) is 42.0 Å². The zero-order valence-electron chi connectivity index (χ0n) is 23.5. The predicted octanol–water partition coefficient (Wildman–Crippen LogP) is 5.34. The van der Waals surface area contributed by atoms with Gasteiger partial charge in [-0.25, -0.2) is 4.98 Å². The van der Waals surface area contributed by atoms with E-state index in [1.807, 2.05) is 49.5 Å². The fraction of sp³-hybridized carbons (Fsp3) is 0.312. The van der Waals surface area contributed by atoms with Crippen molar-refractivity contribution in [2.45, 2.75) is 51.6 Å². The van der Waals surface area contributed by atoms with Crippen molar-refractivity contribution in [3.63, 3.8) is 0 Å². The molecule has 0 saturated carbocycles. The van der Waals surface area contributed by atoms with Crippen molar-refractivity contribution in [3.8, 4) is 17.3 Å². The van der Waals surface area contributed by atoms with Crippen LogP contribution in [0.3, 0.4) is 0 Å². The summed E-state index contributed by atoms with van der Waals surface area (Å²) >= 11 is 0. The molecule has 0 aliphatic rings. The van der Waals surface area contributed by atoms with Crippen LogP contribution in [-0.2, 0) is 0 Å². The first-order valence-electron chi connectivity index (χ1n) is 13.6. The SMILES string of the molecule is C=C(C#N)CNc1c(C(N)=O)ccc2ccc(-c3cccc(C(=O)NC(C/C=C/CCC)CC(C)NC)n3)cc12. The number of nitriles is 1. The number of primary amides is 1. The molecule has 0 aliphatic heterocycles. The van der Waals surface area contributed by atoms with Gasteiger partial charge in [0.25, 0.3) is 11.8 Å². The number of hydrogen-bond donors (Lipinski definition) is 4. The number of rotatable bonds is 14. The fourth-order valence-electron chi connectivity index (χ4n) is 4.39. The molecule has 0 radical (unpaired) electrons. The van der Waals surface area contributed by atoms with E-state index in [4.69, 9.17) is 11.0 Å². The third kappa shape index (κ3) is 8.01. The third-order valence-electron chi connectivity index (χ3n) is 6.71. The first-order valence-corrected chi connectivity index (χ1v) is 13.6. The molecule has 208 valence electrons. The largest absolute Gasteiger partial charge is 0.379 e. The maximum absolute atomic E-state index is 13.2. The van der Waals surface area contributed by atoms with Crippen LogP contribution in [-0.4, -0.2) is 42.5 Å². The molecule has 0 saturated heterocycles. The normalized spacial score (nSPS) is 12.6. The number of benzene rings is 2. The Morgan fingerprint density at radius 1 is 1.18 bits per heavy atom. The van der Waals surface area contributed by atoms with Gasteiger partial charge in [-0.05, 0) is 62.9 Å². The quantitative estimate of drug-likeness (QED) is 0.162. The average Bonchev–Trinajstić information content (AvgIpc) is 2.97. The molecule has 3 aromatic rings. The Labute approximate surface area is 236 Å². The van der Waals surface area contributed by atoms with E-state index in [2.05, 4.69) is 53.5 Å². The molecule has 1 aromatic heterocycles. The van der Waals surface area contributed by atoms with E-state index in [9.17, 15) is 9.59 Å². The van der Waals surface area contributed by atoms with E-state index in [0.29, 0.717) is 28.2 Å². The molecular weight excluding hydrogens is 500 g/mol.